The summed E-state index contributed by atoms with van der Waals surface area (Å²) in [6.07, 6.45) is 8.59. The van der Waals surface area contributed by atoms with E-state index in [9.17, 15) is 4.79 Å². The third-order valence-electron chi connectivity index (χ3n) is 4.58. The number of carbonyl (C=O) groups excluding carboxylic acids is 1. The van der Waals surface area contributed by atoms with Gasteiger partial charge in [-0.05, 0) is 51.1 Å². The zero-order chi connectivity index (χ0) is 13.5. The van der Waals surface area contributed by atoms with Crippen molar-refractivity contribution in [2.24, 2.45) is 5.92 Å². The monoisotopic (exact) mass is 267 g/mol. The van der Waals surface area contributed by atoms with Gasteiger partial charge >= 0.3 is 6.03 Å². The summed E-state index contributed by atoms with van der Waals surface area (Å²) in [7, 11) is 0. The molecule has 0 spiro atoms. The Kier molecular flexibility index (Phi) is 5.95. The Balaban J connectivity index is 1.56. The van der Waals surface area contributed by atoms with Crippen molar-refractivity contribution in [1.82, 2.24) is 15.5 Å². The molecule has 1 atom stereocenters. The lowest BCUT2D eigenvalue weighted by Gasteiger charge is -2.31. The Labute approximate surface area is 117 Å². The first kappa shape index (κ1) is 14.6. The highest BCUT2D eigenvalue weighted by Gasteiger charge is 2.19. The number of amides is 2. The van der Waals surface area contributed by atoms with Crippen LogP contribution in [0.4, 0.5) is 4.79 Å². The first-order valence-corrected chi connectivity index (χ1v) is 8.04. The number of rotatable bonds is 5. The molecule has 19 heavy (non-hydrogen) atoms. The minimum atomic E-state index is 0.0371. The summed E-state index contributed by atoms with van der Waals surface area (Å²) in [4.78, 5) is 14.2. The molecular formula is C15H29N3O. The maximum absolute atomic E-state index is 11.7. The molecule has 2 fully saturated rings. The molecule has 2 N–H and O–H groups in total. The maximum Gasteiger partial charge on any atom is 0.315 e. The van der Waals surface area contributed by atoms with Gasteiger partial charge in [0.05, 0.1) is 0 Å². The number of likely N-dealkylation sites (tertiary alicyclic amines) is 1. The number of hydrogen-bond donors (Lipinski definition) is 2. The van der Waals surface area contributed by atoms with Gasteiger partial charge in [-0.1, -0.05) is 19.8 Å². The third-order valence-corrected chi connectivity index (χ3v) is 4.58. The Morgan fingerprint density at radius 1 is 1.21 bits per heavy atom. The summed E-state index contributed by atoms with van der Waals surface area (Å²) in [5.74, 6) is 0.764. The Hall–Kier alpha value is -0.770. The van der Waals surface area contributed by atoms with E-state index in [4.69, 9.17) is 0 Å². The van der Waals surface area contributed by atoms with Crippen LogP contribution >= 0.6 is 0 Å². The third kappa shape index (κ3) is 5.01. The van der Waals surface area contributed by atoms with E-state index in [1.54, 1.807) is 0 Å². The number of hydrogen-bond acceptors (Lipinski definition) is 2. The fourth-order valence-electron chi connectivity index (χ4n) is 3.37. The second-order valence-corrected chi connectivity index (χ2v) is 6.07. The average molecular weight is 267 g/mol. The van der Waals surface area contributed by atoms with E-state index < -0.39 is 0 Å². The van der Waals surface area contributed by atoms with Crippen LogP contribution in [-0.4, -0.2) is 43.2 Å². The van der Waals surface area contributed by atoms with E-state index in [1.807, 2.05) is 0 Å². The molecule has 110 valence electrons. The Bertz CT molecular complexity index is 277. The number of nitrogens with zero attached hydrogens (tertiary/aromatic N) is 1. The molecular weight excluding hydrogens is 238 g/mol. The fraction of sp³-hybridized carbons (Fsp3) is 0.933. The maximum atomic E-state index is 11.7. The first-order chi connectivity index (χ1) is 9.28. The van der Waals surface area contributed by atoms with Crippen molar-refractivity contribution < 1.29 is 4.79 Å². The molecule has 1 aliphatic heterocycles. The minimum Gasteiger partial charge on any atom is -0.338 e. The van der Waals surface area contributed by atoms with Gasteiger partial charge in [-0.15, -0.1) is 0 Å². The zero-order valence-electron chi connectivity index (χ0n) is 12.3. The molecule has 1 saturated carbocycles. The predicted octanol–water partition coefficient (Wildman–Crippen LogP) is 2.35. The van der Waals surface area contributed by atoms with Crippen LogP contribution in [0.5, 0.6) is 0 Å². The van der Waals surface area contributed by atoms with Gasteiger partial charge in [0.15, 0.2) is 0 Å². The molecule has 1 heterocycles. The zero-order valence-corrected chi connectivity index (χ0v) is 12.3. The van der Waals surface area contributed by atoms with Crippen molar-refractivity contribution in [3.8, 4) is 0 Å². The van der Waals surface area contributed by atoms with Crippen LogP contribution in [0.3, 0.4) is 0 Å². The molecule has 2 aliphatic rings. The molecule has 0 aromatic rings. The molecule has 0 radical (unpaired) electrons. The van der Waals surface area contributed by atoms with Gasteiger partial charge in [0.2, 0.25) is 0 Å². The average Bonchev–Trinajstić information content (AvgIpc) is 2.92. The Morgan fingerprint density at radius 3 is 2.74 bits per heavy atom. The quantitative estimate of drug-likeness (QED) is 0.803. The summed E-state index contributed by atoms with van der Waals surface area (Å²) in [6, 6.07) is 0.459. The molecule has 1 aliphatic carbocycles. The molecule has 0 aromatic carbocycles. The topological polar surface area (TPSA) is 44.4 Å². The van der Waals surface area contributed by atoms with Crippen molar-refractivity contribution in [2.45, 2.75) is 57.9 Å². The van der Waals surface area contributed by atoms with E-state index in [0.717, 1.165) is 38.3 Å². The van der Waals surface area contributed by atoms with E-state index in [0.29, 0.717) is 6.04 Å². The highest BCUT2D eigenvalue weighted by atomic mass is 16.2. The molecule has 0 unspecified atom stereocenters. The molecule has 2 rings (SSSR count). The van der Waals surface area contributed by atoms with Gasteiger partial charge in [0.25, 0.3) is 0 Å². The number of carbonyl (C=O) groups is 1. The van der Waals surface area contributed by atoms with Crippen LogP contribution in [0.1, 0.15) is 51.9 Å². The lowest BCUT2D eigenvalue weighted by atomic mass is 9.95. The second kappa shape index (κ2) is 7.73. The number of nitrogens with one attached hydrogen (secondary N) is 2. The predicted molar refractivity (Wildman–Crippen MR) is 78.2 cm³/mol. The van der Waals surface area contributed by atoms with E-state index in [-0.39, 0.29) is 6.03 Å². The van der Waals surface area contributed by atoms with Crippen molar-refractivity contribution in [3.05, 3.63) is 0 Å². The van der Waals surface area contributed by atoms with Crippen LogP contribution in [-0.2, 0) is 0 Å². The molecule has 2 amide bonds. The second-order valence-electron chi connectivity index (χ2n) is 6.07. The van der Waals surface area contributed by atoms with E-state index in [2.05, 4.69) is 22.5 Å². The van der Waals surface area contributed by atoms with Crippen molar-refractivity contribution in [3.63, 3.8) is 0 Å². The standard InChI is InChI=1S/C15H29N3O/c1-2-18-11-5-6-13(12-18)9-10-16-15(19)17-14-7-3-4-8-14/h13-14H,2-12H2,1H3,(H2,16,17,19)/t13-/m0/s1. The summed E-state index contributed by atoms with van der Waals surface area (Å²) in [5, 5.41) is 6.10. The van der Waals surface area contributed by atoms with Gasteiger partial charge in [-0.3, -0.25) is 0 Å². The summed E-state index contributed by atoms with van der Waals surface area (Å²) < 4.78 is 0. The normalized spacial score (nSPS) is 25.4. The van der Waals surface area contributed by atoms with Gasteiger partial charge < -0.3 is 15.5 Å². The molecule has 1 saturated heterocycles. The lowest BCUT2D eigenvalue weighted by molar-refractivity contribution is 0.175. The molecule has 4 nitrogen and oxygen atoms in total. The summed E-state index contributed by atoms with van der Waals surface area (Å²) in [5.41, 5.74) is 0. The lowest BCUT2D eigenvalue weighted by Crippen LogP contribution is -2.42. The van der Waals surface area contributed by atoms with Crippen molar-refractivity contribution in [1.29, 1.82) is 0 Å². The van der Waals surface area contributed by atoms with Crippen molar-refractivity contribution in [2.75, 3.05) is 26.2 Å². The van der Waals surface area contributed by atoms with Gasteiger partial charge in [0, 0.05) is 19.1 Å². The fourth-order valence-corrected chi connectivity index (χ4v) is 3.37. The van der Waals surface area contributed by atoms with Crippen LogP contribution in [0.25, 0.3) is 0 Å². The summed E-state index contributed by atoms with van der Waals surface area (Å²) >= 11 is 0. The van der Waals surface area contributed by atoms with Gasteiger partial charge in [-0.2, -0.15) is 0 Å². The van der Waals surface area contributed by atoms with Gasteiger partial charge in [-0.25, -0.2) is 4.79 Å². The van der Waals surface area contributed by atoms with Gasteiger partial charge in [0.1, 0.15) is 0 Å². The van der Waals surface area contributed by atoms with E-state index in [1.165, 1.54) is 38.8 Å². The summed E-state index contributed by atoms with van der Waals surface area (Å²) in [6.45, 7) is 6.67. The number of urea groups is 1. The Morgan fingerprint density at radius 2 is 2.00 bits per heavy atom. The molecule has 4 heteroatoms. The van der Waals surface area contributed by atoms with Crippen LogP contribution in [0.2, 0.25) is 0 Å². The van der Waals surface area contributed by atoms with Crippen LogP contribution in [0.15, 0.2) is 0 Å². The SMILES string of the molecule is CCN1CCC[C@@H](CCNC(=O)NC2CCCC2)C1. The van der Waals surface area contributed by atoms with Crippen molar-refractivity contribution >= 4 is 6.03 Å². The molecule has 0 aromatic heterocycles. The largest absolute Gasteiger partial charge is 0.338 e. The highest BCUT2D eigenvalue weighted by Crippen LogP contribution is 2.19. The molecule has 0 bridgehead atoms. The highest BCUT2D eigenvalue weighted by molar-refractivity contribution is 5.74. The van der Waals surface area contributed by atoms with Crippen LogP contribution < -0.4 is 10.6 Å². The smallest absolute Gasteiger partial charge is 0.315 e. The number of piperidine rings is 1. The van der Waals surface area contributed by atoms with Crippen LogP contribution in [0, 0.1) is 5.92 Å². The van der Waals surface area contributed by atoms with E-state index >= 15 is 0 Å². The minimum absolute atomic E-state index is 0.0371. The first-order valence-electron chi connectivity index (χ1n) is 8.04.